The maximum atomic E-state index is 14.7. The summed E-state index contributed by atoms with van der Waals surface area (Å²) in [5, 5.41) is 11.6. The molecule has 1 atom stereocenters. The number of benzene rings is 1. The molecule has 0 aromatic heterocycles. The summed E-state index contributed by atoms with van der Waals surface area (Å²) in [6.07, 6.45) is 1.34. The Morgan fingerprint density at radius 2 is 2.18 bits per heavy atom. The first-order valence-electron chi connectivity index (χ1n) is 8.99. The van der Waals surface area contributed by atoms with Crippen LogP contribution < -0.4 is 10.2 Å². The fourth-order valence-electron chi connectivity index (χ4n) is 3.28. The highest BCUT2D eigenvalue weighted by molar-refractivity contribution is 5.90. The second-order valence-corrected chi connectivity index (χ2v) is 6.71. The van der Waals surface area contributed by atoms with Crippen LogP contribution in [-0.4, -0.2) is 66.8 Å². The smallest absolute Gasteiger partial charge is 0.414 e. The molecule has 28 heavy (non-hydrogen) atoms. The third-order valence-corrected chi connectivity index (χ3v) is 4.70. The van der Waals surface area contributed by atoms with Crippen LogP contribution in [0.3, 0.4) is 0 Å². The number of rotatable bonds is 5. The van der Waals surface area contributed by atoms with Crippen molar-refractivity contribution in [2.45, 2.75) is 19.4 Å². The van der Waals surface area contributed by atoms with E-state index in [-0.39, 0.29) is 25.5 Å². The van der Waals surface area contributed by atoms with Gasteiger partial charge in [0.05, 0.1) is 18.8 Å². The molecule has 3 amide bonds. The van der Waals surface area contributed by atoms with E-state index >= 15 is 0 Å². The van der Waals surface area contributed by atoms with Crippen LogP contribution in [0.25, 0.3) is 5.57 Å². The van der Waals surface area contributed by atoms with E-state index in [1.54, 1.807) is 12.1 Å². The summed E-state index contributed by atoms with van der Waals surface area (Å²) in [5.41, 5.74) is 1.36. The van der Waals surface area contributed by atoms with Crippen LogP contribution in [0.4, 0.5) is 14.9 Å². The van der Waals surface area contributed by atoms with E-state index in [9.17, 15) is 18.8 Å². The predicted octanol–water partition coefficient (Wildman–Crippen LogP) is 0.895. The second-order valence-electron chi connectivity index (χ2n) is 6.71. The topological polar surface area (TPSA) is 99.2 Å². The number of aliphatic hydroxyl groups is 1. The van der Waals surface area contributed by atoms with Crippen molar-refractivity contribution in [1.29, 1.82) is 0 Å². The Bertz CT molecular complexity index is 826. The molecule has 2 aliphatic heterocycles. The molecule has 0 unspecified atom stereocenters. The van der Waals surface area contributed by atoms with Gasteiger partial charge in [0.2, 0.25) is 11.8 Å². The van der Waals surface area contributed by atoms with Crippen molar-refractivity contribution >= 4 is 29.2 Å². The molecular weight excluding hydrogens is 369 g/mol. The van der Waals surface area contributed by atoms with Crippen LogP contribution in [0.1, 0.15) is 18.9 Å². The number of hydrogen-bond donors (Lipinski definition) is 2. The van der Waals surface area contributed by atoms with Crippen LogP contribution in [0.5, 0.6) is 0 Å². The van der Waals surface area contributed by atoms with Crippen molar-refractivity contribution in [3.63, 3.8) is 0 Å². The molecule has 0 bridgehead atoms. The lowest BCUT2D eigenvalue weighted by Gasteiger charge is -2.27. The number of halogens is 1. The van der Waals surface area contributed by atoms with Crippen LogP contribution in [0.15, 0.2) is 24.3 Å². The van der Waals surface area contributed by atoms with Gasteiger partial charge in [0.25, 0.3) is 0 Å². The van der Waals surface area contributed by atoms with Crippen LogP contribution in [0, 0.1) is 5.82 Å². The SMILES string of the molecule is CC(=O)NC[C@H]1CN(c2ccc(C3=CCCN(C(=O)CO)C3)c(F)c2)C(=O)O1. The second kappa shape index (κ2) is 8.39. The van der Waals surface area contributed by atoms with Gasteiger partial charge < -0.3 is 20.1 Å². The highest BCUT2D eigenvalue weighted by Crippen LogP contribution is 2.28. The normalized spacial score (nSPS) is 19.3. The van der Waals surface area contributed by atoms with Crippen molar-refractivity contribution in [3.8, 4) is 0 Å². The van der Waals surface area contributed by atoms with Gasteiger partial charge in [-0.2, -0.15) is 0 Å². The average Bonchev–Trinajstić information content (AvgIpc) is 3.06. The molecule has 2 heterocycles. The van der Waals surface area contributed by atoms with Gasteiger partial charge in [-0.15, -0.1) is 0 Å². The van der Waals surface area contributed by atoms with E-state index in [1.165, 1.54) is 22.8 Å². The summed E-state index contributed by atoms with van der Waals surface area (Å²) < 4.78 is 19.9. The van der Waals surface area contributed by atoms with E-state index in [4.69, 9.17) is 9.84 Å². The van der Waals surface area contributed by atoms with E-state index < -0.39 is 30.5 Å². The molecule has 0 saturated carbocycles. The van der Waals surface area contributed by atoms with E-state index in [0.29, 0.717) is 29.8 Å². The molecule has 8 nitrogen and oxygen atoms in total. The molecule has 1 aromatic rings. The molecule has 1 fully saturated rings. The van der Waals surface area contributed by atoms with Crippen LogP contribution >= 0.6 is 0 Å². The standard InChI is InChI=1S/C19H22FN3O5/c1-12(25)21-8-15-10-23(19(27)28-15)14-4-5-16(17(20)7-14)13-3-2-6-22(9-13)18(26)11-24/h3-5,7,15,24H,2,6,8-11H2,1H3,(H,21,25)/t15-/m0/s1. The monoisotopic (exact) mass is 391 g/mol. The van der Waals surface area contributed by atoms with Gasteiger partial charge in [-0.1, -0.05) is 6.08 Å². The summed E-state index contributed by atoms with van der Waals surface area (Å²) in [4.78, 5) is 37.5. The quantitative estimate of drug-likeness (QED) is 0.777. The zero-order valence-corrected chi connectivity index (χ0v) is 15.5. The number of hydrogen-bond acceptors (Lipinski definition) is 5. The third kappa shape index (κ3) is 4.30. The van der Waals surface area contributed by atoms with E-state index in [0.717, 1.165) is 0 Å². The largest absolute Gasteiger partial charge is 0.442 e. The zero-order valence-electron chi connectivity index (χ0n) is 15.5. The number of ether oxygens (including phenoxy) is 1. The fraction of sp³-hybridized carbons (Fsp3) is 0.421. The van der Waals surface area contributed by atoms with Gasteiger partial charge in [0, 0.05) is 25.6 Å². The first kappa shape index (κ1) is 19.8. The molecular formula is C19H22FN3O5. The number of carbonyl (C=O) groups excluding carboxylic acids is 3. The van der Waals surface area contributed by atoms with Crippen LogP contribution in [0.2, 0.25) is 0 Å². The minimum Gasteiger partial charge on any atom is -0.442 e. The Labute approximate surface area is 161 Å². The zero-order chi connectivity index (χ0) is 20.3. The maximum Gasteiger partial charge on any atom is 0.414 e. The maximum absolute atomic E-state index is 14.7. The molecule has 1 aromatic carbocycles. The molecule has 0 spiro atoms. The number of amides is 3. The molecule has 9 heteroatoms. The lowest BCUT2D eigenvalue weighted by atomic mass is 10.00. The lowest BCUT2D eigenvalue weighted by Crippen LogP contribution is -2.37. The summed E-state index contributed by atoms with van der Waals surface area (Å²) in [6.45, 7) is 1.90. The third-order valence-electron chi connectivity index (χ3n) is 4.70. The lowest BCUT2D eigenvalue weighted by molar-refractivity contribution is -0.133. The molecule has 3 rings (SSSR count). The van der Waals surface area contributed by atoms with Gasteiger partial charge >= 0.3 is 6.09 Å². The Hall–Kier alpha value is -2.94. The molecule has 1 saturated heterocycles. The Morgan fingerprint density at radius 1 is 1.39 bits per heavy atom. The van der Waals surface area contributed by atoms with Crippen molar-refractivity contribution in [1.82, 2.24) is 10.2 Å². The minimum absolute atomic E-state index is 0.194. The molecule has 150 valence electrons. The summed E-state index contributed by atoms with van der Waals surface area (Å²) in [7, 11) is 0. The Balaban J connectivity index is 1.72. The van der Waals surface area contributed by atoms with Gasteiger partial charge in [-0.05, 0) is 30.2 Å². The van der Waals surface area contributed by atoms with Crippen molar-refractivity contribution in [2.75, 3.05) is 37.7 Å². The summed E-state index contributed by atoms with van der Waals surface area (Å²) >= 11 is 0. The number of cyclic esters (lactones) is 1. The van der Waals surface area contributed by atoms with Gasteiger partial charge in [0.15, 0.2) is 0 Å². The predicted molar refractivity (Wildman–Crippen MR) is 99.0 cm³/mol. The van der Waals surface area contributed by atoms with Gasteiger partial charge in [-0.3, -0.25) is 14.5 Å². The highest BCUT2D eigenvalue weighted by Gasteiger charge is 2.33. The summed E-state index contributed by atoms with van der Waals surface area (Å²) in [6, 6.07) is 4.44. The number of carbonyl (C=O) groups is 3. The van der Waals surface area contributed by atoms with E-state index in [1.807, 2.05) is 6.08 Å². The number of anilines is 1. The Morgan fingerprint density at radius 3 is 2.86 bits per heavy atom. The minimum atomic E-state index is -0.598. The van der Waals surface area contributed by atoms with Gasteiger partial charge in [-0.25, -0.2) is 9.18 Å². The Kier molecular flexibility index (Phi) is 5.93. The summed E-state index contributed by atoms with van der Waals surface area (Å²) in [5.74, 6) is -1.13. The average molecular weight is 391 g/mol. The number of nitrogens with zero attached hydrogens (tertiary/aromatic N) is 2. The van der Waals surface area contributed by atoms with Gasteiger partial charge in [0.1, 0.15) is 18.5 Å². The number of aliphatic hydroxyl groups excluding tert-OH is 1. The van der Waals surface area contributed by atoms with Crippen molar-refractivity contribution in [3.05, 3.63) is 35.7 Å². The van der Waals surface area contributed by atoms with Crippen LogP contribution in [-0.2, 0) is 14.3 Å². The van der Waals surface area contributed by atoms with Crippen molar-refractivity contribution < 1.29 is 28.6 Å². The first-order valence-corrected chi connectivity index (χ1v) is 8.99. The van der Waals surface area contributed by atoms with E-state index in [2.05, 4.69) is 5.32 Å². The molecule has 2 N–H and O–H groups in total. The molecule has 0 aliphatic carbocycles. The highest BCUT2D eigenvalue weighted by atomic mass is 19.1. The van der Waals surface area contributed by atoms with Crippen molar-refractivity contribution in [2.24, 2.45) is 0 Å². The number of nitrogens with one attached hydrogen (secondary N) is 1. The fourth-order valence-corrected chi connectivity index (χ4v) is 3.28. The first-order chi connectivity index (χ1) is 13.4. The molecule has 2 aliphatic rings. The molecule has 0 radical (unpaired) electrons.